The number of nitrogens with two attached hydrogens (primary N) is 1. The van der Waals surface area contributed by atoms with Gasteiger partial charge in [-0.25, -0.2) is 0 Å². The zero-order valence-corrected chi connectivity index (χ0v) is 16.9. The molecule has 1 amide bonds. The molecule has 140 valence electrons. The molecule has 0 aliphatic heterocycles. The monoisotopic (exact) mass is 352 g/mol. The number of aromatic nitrogens is 1. The standard InChI is InChI=1S/C23H32N2O/c1-7-9-10-19-21(17-11-13-18(14-12-17)23(4,5)6)20(22(24)26)16(3)25(19)15-8-2/h8,11-14H,2,7,9-10,15H2,1,3-6H3,(H2,24,26). The third kappa shape index (κ3) is 3.92. The van der Waals surface area contributed by atoms with E-state index in [0.29, 0.717) is 12.1 Å². The first-order chi connectivity index (χ1) is 12.2. The summed E-state index contributed by atoms with van der Waals surface area (Å²) in [7, 11) is 0. The number of nitrogens with zero attached hydrogens (tertiary/aromatic N) is 1. The molecule has 1 heterocycles. The molecule has 0 spiro atoms. The molecule has 0 fully saturated rings. The van der Waals surface area contributed by atoms with E-state index in [0.717, 1.165) is 36.1 Å². The summed E-state index contributed by atoms with van der Waals surface area (Å²) in [5, 5.41) is 0. The fraction of sp³-hybridized carbons (Fsp3) is 0.435. The molecular weight excluding hydrogens is 320 g/mol. The summed E-state index contributed by atoms with van der Waals surface area (Å²) in [5.41, 5.74) is 12.0. The van der Waals surface area contributed by atoms with Crippen LogP contribution in [0.2, 0.25) is 0 Å². The quantitative estimate of drug-likeness (QED) is 0.667. The van der Waals surface area contributed by atoms with E-state index < -0.39 is 0 Å². The van der Waals surface area contributed by atoms with Gasteiger partial charge in [-0.05, 0) is 36.3 Å². The highest BCUT2D eigenvalue weighted by molar-refractivity contribution is 6.02. The molecule has 0 aliphatic carbocycles. The van der Waals surface area contributed by atoms with Gasteiger partial charge < -0.3 is 10.3 Å². The average molecular weight is 353 g/mol. The Morgan fingerprint density at radius 3 is 2.31 bits per heavy atom. The number of hydrogen-bond acceptors (Lipinski definition) is 1. The lowest BCUT2D eigenvalue weighted by Crippen LogP contribution is -2.13. The largest absolute Gasteiger partial charge is 0.366 e. The number of unbranched alkanes of at least 4 members (excludes halogenated alkanes) is 1. The SMILES string of the molecule is C=CCn1c(C)c(C(N)=O)c(-c2ccc(C(C)(C)C)cc2)c1CCCC. The van der Waals surface area contributed by atoms with E-state index in [2.05, 4.69) is 63.1 Å². The van der Waals surface area contributed by atoms with Gasteiger partial charge in [0.2, 0.25) is 0 Å². The molecule has 0 atom stereocenters. The van der Waals surface area contributed by atoms with E-state index in [1.807, 2.05) is 13.0 Å². The Hall–Kier alpha value is -2.29. The minimum atomic E-state index is -0.363. The normalized spacial score (nSPS) is 11.6. The zero-order valence-electron chi connectivity index (χ0n) is 16.9. The van der Waals surface area contributed by atoms with Crippen molar-refractivity contribution in [2.45, 2.75) is 65.8 Å². The van der Waals surface area contributed by atoms with Crippen molar-refractivity contribution in [3.63, 3.8) is 0 Å². The van der Waals surface area contributed by atoms with Crippen LogP contribution >= 0.6 is 0 Å². The first-order valence-electron chi connectivity index (χ1n) is 9.45. The van der Waals surface area contributed by atoms with Crippen LogP contribution in [0.5, 0.6) is 0 Å². The van der Waals surface area contributed by atoms with Crippen molar-refractivity contribution in [3.8, 4) is 11.1 Å². The highest BCUT2D eigenvalue weighted by atomic mass is 16.1. The number of primary amides is 1. The molecule has 0 saturated heterocycles. The van der Waals surface area contributed by atoms with Crippen LogP contribution in [0.15, 0.2) is 36.9 Å². The summed E-state index contributed by atoms with van der Waals surface area (Å²) in [6, 6.07) is 8.55. The van der Waals surface area contributed by atoms with Gasteiger partial charge in [0.15, 0.2) is 0 Å². The summed E-state index contributed by atoms with van der Waals surface area (Å²) in [6.07, 6.45) is 4.98. The van der Waals surface area contributed by atoms with Crippen molar-refractivity contribution in [2.75, 3.05) is 0 Å². The first-order valence-corrected chi connectivity index (χ1v) is 9.45. The second-order valence-corrected chi connectivity index (χ2v) is 7.98. The summed E-state index contributed by atoms with van der Waals surface area (Å²) < 4.78 is 2.19. The van der Waals surface area contributed by atoms with Crippen LogP contribution in [0.1, 0.15) is 67.8 Å². The van der Waals surface area contributed by atoms with Crippen molar-refractivity contribution < 1.29 is 4.79 Å². The van der Waals surface area contributed by atoms with E-state index >= 15 is 0 Å². The number of allylic oxidation sites excluding steroid dienone is 1. The van der Waals surface area contributed by atoms with Crippen LogP contribution in [0.4, 0.5) is 0 Å². The lowest BCUT2D eigenvalue weighted by atomic mass is 9.86. The van der Waals surface area contributed by atoms with Gasteiger partial charge in [0.25, 0.3) is 5.91 Å². The molecule has 0 bridgehead atoms. The van der Waals surface area contributed by atoms with Gasteiger partial charge in [0.1, 0.15) is 0 Å². The summed E-state index contributed by atoms with van der Waals surface area (Å²) in [4.78, 5) is 12.3. The Balaban J connectivity index is 2.69. The number of carbonyl (C=O) groups excluding carboxylic acids is 1. The molecule has 2 N–H and O–H groups in total. The van der Waals surface area contributed by atoms with Crippen LogP contribution in [0.25, 0.3) is 11.1 Å². The van der Waals surface area contributed by atoms with Crippen LogP contribution in [0.3, 0.4) is 0 Å². The van der Waals surface area contributed by atoms with E-state index in [9.17, 15) is 4.79 Å². The second kappa shape index (κ2) is 7.94. The van der Waals surface area contributed by atoms with E-state index in [1.165, 1.54) is 11.3 Å². The Kier molecular flexibility index (Phi) is 6.12. The fourth-order valence-corrected chi connectivity index (χ4v) is 3.53. The fourth-order valence-electron chi connectivity index (χ4n) is 3.53. The van der Waals surface area contributed by atoms with Gasteiger partial charge in [0, 0.05) is 23.5 Å². The Morgan fingerprint density at radius 2 is 1.85 bits per heavy atom. The number of benzene rings is 1. The summed E-state index contributed by atoms with van der Waals surface area (Å²) in [6.45, 7) is 15.3. The smallest absolute Gasteiger partial charge is 0.251 e. The predicted molar refractivity (Wildman–Crippen MR) is 111 cm³/mol. The Labute approximate surface area is 157 Å². The van der Waals surface area contributed by atoms with Gasteiger partial charge in [-0.1, -0.05) is 64.5 Å². The number of hydrogen-bond donors (Lipinski definition) is 1. The van der Waals surface area contributed by atoms with Crippen molar-refractivity contribution in [3.05, 3.63) is 59.4 Å². The van der Waals surface area contributed by atoms with Crippen LogP contribution in [0, 0.1) is 6.92 Å². The molecule has 0 aliphatic rings. The highest BCUT2D eigenvalue weighted by Crippen LogP contribution is 2.35. The van der Waals surface area contributed by atoms with Gasteiger partial charge in [-0.2, -0.15) is 0 Å². The van der Waals surface area contributed by atoms with Crippen molar-refractivity contribution in [2.24, 2.45) is 5.73 Å². The summed E-state index contributed by atoms with van der Waals surface area (Å²) >= 11 is 0. The number of rotatable bonds is 7. The molecule has 3 heteroatoms. The van der Waals surface area contributed by atoms with E-state index in [-0.39, 0.29) is 11.3 Å². The van der Waals surface area contributed by atoms with Crippen LogP contribution in [-0.2, 0) is 18.4 Å². The molecule has 1 aromatic carbocycles. The van der Waals surface area contributed by atoms with Crippen LogP contribution in [-0.4, -0.2) is 10.5 Å². The summed E-state index contributed by atoms with van der Waals surface area (Å²) in [5.74, 6) is -0.363. The first kappa shape index (κ1) is 20.0. The highest BCUT2D eigenvalue weighted by Gasteiger charge is 2.24. The molecule has 2 aromatic rings. The molecule has 2 rings (SSSR count). The Morgan fingerprint density at radius 1 is 1.23 bits per heavy atom. The van der Waals surface area contributed by atoms with Gasteiger partial charge in [-0.3, -0.25) is 4.79 Å². The van der Waals surface area contributed by atoms with E-state index in [4.69, 9.17) is 5.73 Å². The average Bonchev–Trinajstić information content (AvgIpc) is 2.85. The maximum absolute atomic E-state index is 12.3. The molecule has 0 radical (unpaired) electrons. The number of amides is 1. The van der Waals surface area contributed by atoms with Gasteiger partial charge in [-0.15, -0.1) is 6.58 Å². The maximum atomic E-state index is 12.3. The molecular formula is C23H32N2O. The van der Waals surface area contributed by atoms with Crippen molar-refractivity contribution in [1.29, 1.82) is 0 Å². The second-order valence-electron chi connectivity index (χ2n) is 7.98. The zero-order chi connectivity index (χ0) is 19.5. The lowest BCUT2D eigenvalue weighted by Gasteiger charge is -2.19. The third-order valence-corrected chi connectivity index (χ3v) is 5.00. The van der Waals surface area contributed by atoms with Gasteiger partial charge in [0.05, 0.1) is 5.56 Å². The van der Waals surface area contributed by atoms with Gasteiger partial charge >= 0.3 is 0 Å². The molecule has 0 unspecified atom stereocenters. The van der Waals surface area contributed by atoms with Crippen molar-refractivity contribution >= 4 is 5.91 Å². The Bertz CT molecular complexity index is 789. The third-order valence-electron chi connectivity index (χ3n) is 5.00. The van der Waals surface area contributed by atoms with Crippen molar-refractivity contribution in [1.82, 2.24) is 4.57 Å². The van der Waals surface area contributed by atoms with E-state index in [1.54, 1.807) is 0 Å². The maximum Gasteiger partial charge on any atom is 0.251 e. The predicted octanol–water partition coefficient (Wildman–Crippen LogP) is 5.39. The molecule has 0 saturated carbocycles. The molecule has 26 heavy (non-hydrogen) atoms. The molecule has 3 nitrogen and oxygen atoms in total. The number of carbonyl (C=O) groups is 1. The minimum Gasteiger partial charge on any atom is -0.366 e. The minimum absolute atomic E-state index is 0.0980. The topological polar surface area (TPSA) is 48.0 Å². The lowest BCUT2D eigenvalue weighted by molar-refractivity contribution is 0.1000. The van der Waals surface area contributed by atoms with Crippen LogP contribution < -0.4 is 5.73 Å². The molecule has 1 aromatic heterocycles.